The number of carbonyl (C=O) groups excluding carboxylic acids is 1. The largest absolute Gasteiger partial charge is 0.378 e. The Morgan fingerprint density at radius 3 is 2.77 bits per heavy atom. The number of rotatable bonds is 3. The molecule has 1 amide bonds. The van der Waals surface area contributed by atoms with E-state index in [-0.39, 0.29) is 17.6 Å². The topological polar surface area (TPSA) is 67.4 Å². The zero-order chi connectivity index (χ0) is 17.9. The van der Waals surface area contributed by atoms with Gasteiger partial charge in [-0.3, -0.25) is 4.79 Å². The van der Waals surface area contributed by atoms with E-state index in [9.17, 15) is 9.18 Å². The second-order valence-electron chi connectivity index (χ2n) is 6.68. The first-order valence-electron chi connectivity index (χ1n) is 8.93. The minimum atomic E-state index is -0.317. The molecule has 1 fully saturated rings. The predicted octanol–water partition coefficient (Wildman–Crippen LogP) is 2.20. The van der Waals surface area contributed by atoms with Crippen LogP contribution in [0.3, 0.4) is 0 Å². The van der Waals surface area contributed by atoms with Gasteiger partial charge in [-0.25, -0.2) is 14.4 Å². The quantitative estimate of drug-likeness (QED) is 0.913. The van der Waals surface area contributed by atoms with Crippen molar-refractivity contribution in [2.75, 3.05) is 36.5 Å². The van der Waals surface area contributed by atoms with Crippen molar-refractivity contribution < 1.29 is 13.9 Å². The van der Waals surface area contributed by atoms with Crippen molar-refractivity contribution in [1.82, 2.24) is 9.97 Å². The molecule has 1 atom stereocenters. The third-order valence-electron chi connectivity index (χ3n) is 4.91. The number of fused-ring (bicyclic) bond motifs is 1. The molecule has 1 saturated heterocycles. The van der Waals surface area contributed by atoms with Gasteiger partial charge in [-0.15, -0.1) is 0 Å². The van der Waals surface area contributed by atoms with Gasteiger partial charge in [0.1, 0.15) is 5.82 Å². The first-order valence-corrected chi connectivity index (χ1v) is 8.93. The van der Waals surface area contributed by atoms with E-state index in [2.05, 4.69) is 15.2 Å². The van der Waals surface area contributed by atoms with Crippen LogP contribution < -0.4 is 10.2 Å². The summed E-state index contributed by atoms with van der Waals surface area (Å²) < 4.78 is 18.3. The molecule has 0 unspecified atom stereocenters. The number of nitrogens with one attached hydrogen (secondary N) is 1. The molecule has 26 heavy (non-hydrogen) atoms. The number of benzene rings is 1. The lowest BCUT2D eigenvalue weighted by molar-refractivity contribution is -0.120. The van der Waals surface area contributed by atoms with E-state index in [0.29, 0.717) is 25.3 Å². The van der Waals surface area contributed by atoms with Crippen molar-refractivity contribution in [3.63, 3.8) is 0 Å². The monoisotopic (exact) mass is 356 g/mol. The fourth-order valence-corrected chi connectivity index (χ4v) is 3.41. The van der Waals surface area contributed by atoms with Gasteiger partial charge >= 0.3 is 0 Å². The summed E-state index contributed by atoms with van der Waals surface area (Å²) in [6.45, 7) is 3.02. The molecule has 1 aliphatic heterocycles. The van der Waals surface area contributed by atoms with Gasteiger partial charge in [0.2, 0.25) is 11.9 Å². The molecular formula is C19H21FN4O2. The average molecular weight is 356 g/mol. The smallest absolute Gasteiger partial charge is 0.227 e. The first-order chi connectivity index (χ1) is 12.7. The van der Waals surface area contributed by atoms with E-state index >= 15 is 0 Å². The number of anilines is 2. The molecule has 0 bridgehead atoms. The highest BCUT2D eigenvalue weighted by atomic mass is 19.1. The number of nitrogens with zero attached hydrogens (tertiary/aromatic N) is 3. The molecule has 7 heteroatoms. The van der Waals surface area contributed by atoms with Crippen LogP contribution in [0.5, 0.6) is 0 Å². The summed E-state index contributed by atoms with van der Waals surface area (Å²) in [5.74, 6) is 0.272. The van der Waals surface area contributed by atoms with Crippen LogP contribution in [0.2, 0.25) is 0 Å². The fourth-order valence-electron chi connectivity index (χ4n) is 3.41. The maximum absolute atomic E-state index is 13.0. The zero-order valence-electron chi connectivity index (χ0n) is 14.4. The van der Waals surface area contributed by atoms with Gasteiger partial charge in [0.05, 0.1) is 13.2 Å². The number of halogens is 1. The lowest BCUT2D eigenvalue weighted by Gasteiger charge is -2.28. The van der Waals surface area contributed by atoms with Crippen molar-refractivity contribution in [2.24, 2.45) is 5.92 Å². The number of carbonyl (C=O) groups is 1. The average Bonchev–Trinajstić information content (AvgIpc) is 2.69. The second-order valence-corrected chi connectivity index (χ2v) is 6.68. The van der Waals surface area contributed by atoms with Crippen molar-refractivity contribution in [1.29, 1.82) is 0 Å². The Hall–Kier alpha value is -2.54. The van der Waals surface area contributed by atoms with Crippen molar-refractivity contribution >= 4 is 17.5 Å². The van der Waals surface area contributed by atoms with Crippen LogP contribution in [0.1, 0.15) is 17.7 Å². The van der Waals surface area contributed by atoms with Gasteiger partial charge in [-0.2, -0.15) is 0 Å². The molecule has 1 aromatic heterocycles. The summed E-state index contributed by atoms with van der Waals surface area (Å²) in [5, 5.41) is 2.86. The van der Waals surface area contributed by atoms with Gasteiger partial charge in [-0.05, 0) is 49.1 Å². The van der Waals surface area contributed by atoms with E-state index in [1.165, 1.54) is 12.1 Å². The number of aromatic nitrogens is 2. The van der Waals surface area contributed by atoms with E-state index in [0.717, 1.165) is 43.1 Å². The maximum atomic E-state index is 13.0. The minimum Gasteiger partial charge on any atom is -0.378 e. The molecule has 1 N–H and O–H groups in total. The molecule has 0 radical (unpaired) electrons. The van der Waals surface area contributed by atoms with E-state index < -0.39 is 0 Å². The SMILES string of the molecule is O=C(Nc1ccc(F)cc1)[C@@H]1CCc2nc(N3CCOCC3)ncc2C1. The highest BCUT2D eigenvalue weighted by molar-refractivity contribution is 5.92. The summed E-state index contributed by atoms with van der Waals surface area (Å²) in [6, 6.07) is 5.82. The standard InChI is InChI=1S/C19H21FN4O2/c20-15-2-4-16(5-3-15)22-18(25)13-1-6-17-14(11-13)12-21-19(23-17)24-7-9-26-10-8-24/h2-5,12-13H,1,6-11H2,(H,22,25)/t13-/m1/s1. The molecule has 4 rings (SSSR count). The van der Waals surface area contributed by atoms with Crippen molar-refractivity contribution in [3.05, 3.63) is 47.5 Å². The van der Waals surface area contributed by atoms with Crippen molar-refractivity contribution in [3.8, 4) is 0 Å². The number of amides is 1. The van der Waals surface area contributed by atoms with Crippen LogP contribution in [-0.2, 0) is 22.4 Å². The third-order valence-corrected chi connectivity index (χ3v) is 4.91. The molecule has 2 aliphatic rings. The summed E-state index contributed by atoms with van der Waals surface area (Å²) in [4.78, 5) is 23.8. The zero-order valence-corrected chi connectivity index (χ0v) is 14.4. The predicted molar refractivity (Wildman–Crippen MR) is 95.6 cm³/mol. The Balaban J connectivity index is 1.42. The Morgan fingerprint density at radius 1 is 1.23 bits per heavy atom. The molecule has 0 spiro atoms. The Bertz CT molecular complexity index is 791. The number of aryl methyl sites for hydroxylation is 1. The van der Waals surface area contributed by atoms with E-state index in [1.54, 1.807) is 12.1 Å². The lowest BCUT2D eigenvalue weighted by atomic mass is 9.86. The Morgan fingerprint density at radius 2 is 2.00 bits per heavy atom. The van der Waals surface area contributed by atoms with E-state index in [1.807, 2.05) is 6.20 Å². The van der Waals surface area contributed by atoms with Gasteiger partial charge in [0.15, 0.2) is 0 Å². The van der Waals surface area contributed by atoms with Gasteiger partial charge in [-0.1, -0.05) is 0 Å². The molecule has 2 heterocycles. The summed E-state index contributed by atoms with van der Waals surface area (Å²) >= 11 is 0. The molecule has 0 saturated carbocycles. The van der Waals surface area contributed by atoms with Crippen LogP contribution in [0, 0.1) is 11.7 Å². The van der Waals surface area contributed by atoms with E-state index in [4.69, 9.17) is 9.72 Å². The van der Waals surface area contributed by atoms with Crippen LogP contribution in [0.15, 0.2) is 30.5 Å². The van der Waals surface area contributed by atoms with Gasteiger partial charge < -0.3 is 15.0 Å². The number of morpholine rings is 1. The molecule has 1 aliphatic carbocycles. The molecule has 6 nitrogen and oxygen atoms in total. The lowest BCUT2D eigenvalue weighted by Crippen LogP contribution is -2.38. The number of ether oxygens (including phenoxy) is 1. The molecule has 2 aromatic rings. The Kier molecular flexibility index (Phi) is 4.79. The Labute approximate surface area is 151 Å². The summed E-state index contributed by atoms with van der Waals surface area (Å²) in [7, 11) is 0. The highest BCUT2D eigenvalue weighted by Gasteiger charge is 2.27. The molecular weight excluding hydrogens is 335 g/mol. The van der Waals surface area contributed by atoms with Crippen LogP contribution >= 0.6 is 0 Å². The summed E-state index contributed by atoms with van der Waals surface area (Å²) in [6.07, 6.45) is 3.99. The second kappa shape index (κ2) is 7.37. The highest BCUT2D eigenvalue weighted by Crippen LogP contribution is 2.26. The normalized spacial score (nSPS) is 19.7. The maximum Gasteiger partial charge on any atom is 0.227 e. The van der Waals surface area contributed by atoms with Crippen LogP contribution in [0.25, 0.3) is 0 Å². The van der Waals surface area contributed by atoms with Crippen molar-refractivity contribution in [2.45, 2.75) is 19.3 Å². The number of hydrogen-bond acceptors (Lipinski definition) is 5. The molecule has 1 aromatic carbocycles. The minimum absolute atomic E-state index is 0.0421. The fraction of sp³-hybridized carbons (Fsp3) is 0.421. The van der Waals surface area contributed by atoms with Gasteiger partial charge in [0, 0.05) is 36.6 Å². The first kappa shape index (κ1) is 16.9. The van der Waals surface area contributed by atoms with Crippen LogP contribution in [-0.4, -0.2) is 42.2 Å². The van der Waals surface area contributed by atoms with Crippen LogP contribution in [0.4, 0.5) is 16.0 Å². The third kappa shape index (κ3) is 3.67. The number of hydrogen-bond donors (Lipinski definition) is 1. The molecule has 136 valence electrons. The summed E-state index contributed by atoms with van der Waals surface area (Å²) in [5.41, 5.74) is 2.68. The van der Waals surface area contributed by atoms with Gasteiger partial charge in [0.25, 0.3) is 0 Å².